The highest BCUT2D eigenvalue weighted by Crippen LogP contribution is 2.15. The molecule has 2 rings (SSSR count). The fourth-order valence-electron chi connectivity index (χ4n) is 1.60. The first-order chi connectivity index (χ1) is 9.06. The van der Waals surface area contributed by atoms with Crippen LogP contribution in [0.5, 0.6) is 0 Å². The minimum Gasteiger partial charge on any atom is -0.348 e. The van der Waals surface area contributed by atoms with Crippen molar-refractivity contribution in [3.63, 3.8) is 0 Å². The molecule has 0 unspecified atom stereocenters. The zero-order valence-corrected chi connectivity index (χ0v) is 12.1. The van der Waals surface area contributed by atoms with Gasteiger partial charge in [-0.15, -0.1) is 0 Å². The highest BCUT2D eigenvalue weighted by molar-refractivity contribution is 9.10. The molecular weight excluding hydrogens is 333 g/mol. The minimum atomic E-state index is -0.626. The van der Waals surface area contributed by atoms with Gasteiger partial charge < -0.3 is 5.32 Å². The lowest BCUT2D eigenvalue weighted by Gasteiger charge is -2.07. The van der Waals surface area contributed by atoms with E-state index < -0.39 is 11.7 Å². The normalized spacial score (nSPS) is 10.3. The maximum atomic E-state index is 13.5. The molecular formula is C14H10BrClFNO. The number of rotatable bonds is 3. The first-order valence-corrected chi connectivity index (χ1v) is 6.71. The third-order valence-corrected chi connectivity index (χ3v) is 3.25. The average molecular weight is 343 g/mol. The summed E-state index contributed by atoms with van der Waals surface area (Å²) in [5.74, 6) is -1.09. The number of carbonyl (C=O) groups excluding carboxylic acids is 1. The van der Waals surface area contributed by atoms with Crippen LogP contribution in [-0.2, 0) is 6.54 Å². The molecule has 2 aromatic rings. The molecule has 1 amide bonds. The summed E-state index contributed by atoms with van der Waals surface area (Å²) >= 11 is 8.98. The predicted molar refractivity (Wildman–Crippen MR) is 76.7 cm³/mol. The molecule has 98 valence electrons. The fourth-order valence-corrected chi connectivity index (χ4v) is 2.20. The van der Waals surface area contributed by atoms with Crippen LogP contribution in [0.1, 0.15) is 15.9 Å². The van der Waals surface area contributed by atoms with E-state index in [1.165, 1.54) is 12.1 Å². The van der Waals surface area contributed by atoms with Gasteiger partial charge in [0.25, 0.3) is 5.91 Å². The zero-order valence-electron chi connectivity index (χ0n) is 9.79. The van der Waals surface area contributed by atoms with E-state index in [4.69, 9.17) is 11.6 Å². The van der Waals surface area contributed by atoms with Crippen molar-refractivity contribution in [3.05, 3.63) is 68.9 Å². The van der Waals surface area contributed by atoms with Gasteiger partial charge in [0.1, 0.15) is 5.82 Å². The van der Waals surface area contributed by atoms with Gasteiger partial charge in [-0.1, -0.05) is 39.7 Å². The Hall–Kier alpha value is -1.39. The lowest BCUT2D eigenvalue weighted by molar-refractivity contribution is 0.0947. The molecule has 0 spiro atoms. The van der Waals surface area contributed by atoms with E-state index in [1.807, 2.05) is 24.3 Å². The highest BCUT2D eigenvalue weighted by Gasteiger charge is 2.11. The van der Waals surface area contributed by atoms with Crippen molar-refractivity contribution in [1.82, 2.24) is 5.32 Å². The van der Waals surface area contributed by atoms with Crippen molar-refractivity contribution in [2.24, 2.45) is 0 Å². The molecule has 0 atom stereocenters. The van der Waals surface area contributed by atoms with Crippen molar-refractivity contribution < 1.29 is 9.18 Å². The fraction of sp³-hybridized carbons (Fsp3) is 0.0714. The van der Waals surface area contributed by atoms with Crippen LogP contribution in [0.4, 0.5) is 4.39 Å². The molecule has 5 heteroatoms. The second-order valence-corrected chi connectivity index (χ2v) is 5.29. The molecule has 2 nitrogen and oxygen atoms in total. The standard InChI is InChI=1S/C14H10BrClFNO/c15-10-3-1-2-9(6-10)8-18-14(19)12-5-4-11(16)7-13(12)17/h1-7H,8H2,(H,18,19). The van der Waals surface area contributed by atoms with Gasteiger partial charge in [-0.25, -0.2) is 4.39 Å². The van der Waals surface area contributed by atoms with Gasteiger partial charge in [-0.3, -0.25) is 4.79 Å². The Kier molecular flexibility index (Phi) is 4.56. The summed E-state index contributed by atoms with van der Waals surface area (Å²) in [7, 11) is 0. The number of nitrogens with one attached hydrogen (secondary N) is 1. The monoisotopic (exact) mass is 341 g/mol. The summed E-state index contributed by atoms with van der Waals surface area (Å²) in [4.78, 5) is 11.8. The Balaban J connectivity index is 2.05. The Bertz CT molecular complexity index is 618. The quantitative estimate of drug-likeness (QED) is 0.891. The van der Waals surface area contributed by atoms with Gasteiger partial charge in [0.2, 0.25) is 0 Å². The van der Waals surface area contributed by atoms with Gasteiger partial charge in [0, 0.05) is 16.0 Å². The van der Waals surface area contributed by atoms with Crippen LogP contribution in [0, 0.1) is 5.82 Å². The van der Waals surface area contributed by atoms with Crippen molar-refractivity contribution in [1.29, 1.82) is 0 Å². The molecule has 19 heavy (non-hydrogen) atoms. The van der Waals surface area contributed by atoms with Crippen molar-refractivity contribution >= 4 is 33.4 Å². The SMILES string of the molecule is O=C(NCc1cccc(Br)c1)c1ccc(Cl)cc1F. The van der Waals surface area contributed by atoms with Crippen LogP contribution in [0.3, 0.4) is 0 Å². The Morgan fingerprint density at radius 2 is 2.05 bits per heavy atom. The van der Waals surface area contributed by atoms with Crippen LogP contribution in [0.2, 0.25) is 5.02 Å². The molecule has 0 aromatic heterocycles. The second-order valence-electron chi connectivity index (χ2n) is 3.94. The zero-order chi connectivity index (χ0) is 13.8. The summed E-state index contributed by atoms with van der Waals surface area (Å²) in [6.45, 7) is 0.334. The van der Waals surface area contributed by atoms with Crippen LogP contribution in [-0.4, -0.2) is 5.91 Å². The van der Waals surface area contributed by atoms with E-state index in [2.05, 4.69) is 21.2 Å². The molecule has 0 bridgehead atoms. The number of amides is 1. The van der Waals surface area contributed by atoms with Gasteiger partial charge in [-0.05, 0) is 35.9 Å². The molecule has 0 radical (unpaired) electrons. The van der Waals surface area contributed by atoms with E-state index in [0.717, 1.165) is 16.1 Å². The molecule has 2 aromatic carbocycles. The number of benzene rings is 2. The smallest absolute Gasteiger partial charge is 0.254 e. The maximum Gasteiger partial charge on any atom is 0.254 e. The summed E-state index contributed by atoms with van der Waals surface area (Å²) in [5.41, 5.74) is 0.913. The van der Waals surface area contributed by atoms with Crippen molar-refractivity contribution in [3.8, 4) is 0 Å². The maximum absolute atomic E-state index is 13.5. The largest absolute Gasteiger partial charge is 0.348 e. The summed E-state index contributed by atoms with van der Waals surface area (Å²) in [5, 5.41) is 2.92. The molecule has 0 saturated carbocycles. The number of halogens is 3. The molecule has 0 saturated heterocycles. The van der Waals surface area contributed by atoms with E-state index >= 15 is 0 Å². The molecule has 0 aliphatic carbocycles. The van der Waals surface area contributed by atoms with E-state index in [0.29, 0.717) is 6.54 Å². The average Bonchev–Trinajstić information content (AvgIpc) is 2.36. The molecule has 0 aliphatic heterocycles. The highest BCUT2D eigenvalue weighted by atomic mass is 79.9. The van der Waals surface area contributed by atoms with Gasteiger partial charge in [0.15, 0.2) is 0 Å². The van der Waals surface area contributed by atoms with E-state index in [1.54, 1.807) is 0 Å². The molecule has 0 fully saturated rings. The van der Waals surface area contributed by atoms with Crippen LogP contribution in [0.25, 0.3) is 0 Å². The Morgan fingerprint density at radius 1 is 1.26 bits per heavy atom. The topological polar surface area (TPSA) is 29.1 Å². The number of carbonyl (C=O) groups is 1. The van der Waals surface area contributed by atoms with Crippen LogP contribution >= 0.6 is 27.5 Å². The van der Waals surface area contributed by atoms with Crippen LogP contribution < -0.4 is 5.32 Å². The number of hydrogen-bond acceptors (Lipinski definition) is 1. The summed E-state index contributed by atoms with van der Waals surface area (Å²) in [6.07, 6.45) is 0. The lowest BCUT2D eigenvalue weighted by atomic mass is 10.2. The Morgan fingerprint density at radius 3 is 2.74 bits per heavy atom. The second kappa shape index (κ2) is 6.17. The minimum absolute atomic E-state index is 0.0144. The van der Waals surface area contributed by atoms with Crippen molar-refractivity contribution in [2.75, 3.05) is 0 Å². The predicted octanol–water partition coefficient (Wildman–Crippen LogP) is 4.17. The molecule has 0 aliphatic rings. The van der Waals surface area contributed by atoms with Gasteiger partial charge in [0.05, 0.1) is 5.56 Å². The summed E-state index contributed by atoms with van der Waals surface area (Å²) < 4.78 is 14.5. The van der Waals surface area contributed by atoms with E-state index in [-0.39, 0.29) is 10.6 Å². The van der Waals surface area contributed by atoms with Crippen LogP contribution in [0.15, 0.2) is 46.9 Å². The Labute approximate surface area is 123 Å². The summed E-state index contributed by atoms with van der Waals surface area (Å²) in [6, 6.07) is 11.5. The van der Waals surface area contributed by atoms with E-state index in [9.17, 15) is 9.18 Å². The third kappa shape index (κ3) is 3.78. The molecule has 1 N–H and O–H groups in total. The lowest BCUT2D eigenvalue weighted by Crippen LogP contribution is -2.23. The first kappa shape index (κ1) is 14.0. The van der Waals surface area contributed by atoms with Gasteiger partial charge >= 0.3 is 0 Å². The van der Waals surface area contributed by atoms with Crippen molar-refractivity contribution in [2.45, 2.75) is 6.54 Å². The molecule has 0 heterocycles. The third-order valence-electron chi connectivity index (χ3n) is 2.52. The number of hydrogen-bond donors (Lipinski definition) is 1. The first-order valence-electron chi connectivity index (χ1n) is 5.54. The van der Waals surface area contributed by atoms with Gasteiger partial charge in [-0.2, -0.15) is 0 Å².